The Labute approximate surface area is 145 Å². The summed E-state index contributed by atoms with van der Waals surface area (Å²) < 4.78 is 26.4. The van der Waals surface area contributed by atoms with Gasteiger partial charge in [-0.3, -0.25) is 9.59 Å². The van der Waals surface area contributed by atoms with Crippen molar-refractivity contribution in [1.29, 1.82) is 0 Å². The van der Waals surface area contributed by atoms with Crippen LogP contribution in [0.4, 0.5) is 20.2 Å². The van der Waals surface area contributed by atoms with Crippen molar-refractivity contribution in [3.8, 4) is 0 Å². The van der Waals surface area contributed by atoms with Crippen LogP contribution < -0.4 is 10.2 Å². The van der Waals surface area contributed by atoms with Gasteiger partial charge >= 0.3 is 0 Å². The number of nitrogens with zero attached hydrogens (tertiary/aromatic N) is 1. The fourth-order valence-electron chi connectivity index (χ4n) is 2.50. The van der Waals surface area contributed by atoms with Gasteiger partial charge in [0.05, 0.1) is 0 Å². The molecule has 0 radical (unpaired) electrons. The number of anilines is 2. The smallest absolute Gasteiger partial charge is 0.226 e. The minimum absolute atomic E-state index is 0.0383. The molecule has 0 fully saturated rings. The number of rotatable bonds is 6. The first-order chi connectivity index (χ1) is 11.9. The quantitative estimate of drug-likeness (QED) is 0.862. The molecule has 2 amide bonds. The van der Waals surface area contributed by atoms with Crippen molar-refractivity contribution in [2.24, 2.45) is 0 Å². The molecule has 0 aliphatic rings. The van der Waals surface area contributed by atoms with E-state index in [1.807, 2.05) is 31.2 Å². The van der Waals surface area contributed by atoms with E-state index < -0.39 is 11.6 Å². The number of carbonyl (C=O) groups excluding carboxylic acids is 2. The van der Waals surface area contributed by atoms with E-state index in [9.17, 15) is 18.4 Å². The summed E-state index contributed by atoms with van der Waals surface area (Å²) in [5.41, 5.74) is 1.96. The number of halogens is 2. The molecule has 0 heterocycles. The van der Waals surface area contributed by atoms with Crippen molar-refractivity contribution in [2.45, 2.75) is 26.7 Å². The Morgan fingerprint density at radius 2 is 1.80 bits per heavy atom. The van der Waals surface area contributed by atoms with Crippen LogP contribution in [-0.2, 0) is 16.0 Å². The third-order valence-corrected chi connectivity index (χ3v) is 3.83. The Kier molecular flexibility index (Phi) is 6.22. The van der Waals surface area contributed by atoms with Crippen LogP contribution in [0, 0.1) is 11.6 Å². The highest BCUT2D eigenvalue weighted by molar-refractivity contribution is 5.95. The minimum atomic E-state index is -1.04. The summed E-state index contributed by atoms with van der Waals surface area (Å²) in [7, 11) is 0. The Morgan fingerprint density at radius 1 is 1.08 bits per heavy atom. The van der Waals surface area contributed by atoms with E-state index >= 15 is 0 Å². The molecule has 2 aromatic carbocycles. The predicted molar refractivity (Wildman–Crippen MR) is 93.5 cm³/mol. The fourth-order valence-corrected chi connectivity index (χ4v) is 2.50. The zero-order valence-corrected chi connectivity index (χ0v) is 14.2. The number of hydrogen-bond donors (Lipinski definition) is 1. The van der Waals surface area contributed by atoms with Crippen LogP contribution in [0.15, 0.2) is 42.5 Å². The number of amides is 2. The standard InChI is InChI=1S/C19H20F2N2O2/c1-3-14-6-4-5-7-18(14)22-19(25)10-11-23(13(2)24)15-8-9-16(20)17(21)12-15/h4-9,12H,3,10-11H2,1-2H3,(H,22,25). The van der Waals surface area contributed by atoms with E-state index in [2.05, 4.69) is 5.32 Å². The molecule has 0 atom stereocenters. The van der Waals surface area contributed by atoms with Gasteiger partial charge in [0.25, 0.3) is 0 Å². The van der Waals surface area contributed by atoms with Gasteiger partial charge in [0.1, 0.15) is 0 Å². The topological polar surface area (TPSA) is 49.4 Å². The lowest BCUT2D eigenvalue weighted by Gasteiger charge is -2.21. The molecule has 0 bridgehead atoms. The number of para-hydroxylation sites is 1. The SMILES string of the molecule is CCc1ccccc1NC(=O)CCN(C(C)=O)c1ccc(F)c(F)c1. The van der Waals surface area contributed by atoms with Crippen molar-refractivity contribution >= 4 is 23.2 Å². The largest absolute Gasteiger partial charge is 0.326 e. The maximum absolute atomic E-state index is 13.4. The van der Waals surface area contributed by atoms with Gasteiger partial charge in [0, 0.05) is 37.3 Å². The molecule has 4 nitrogen and oxygen atoms in total. The van der Waals surface area contributed by atoms with Crippen molar-refractivity contribution in [2.75, 3.05) is 16.8 Å². The summed E-state index contributed by atoms with van der Waals surface area (Å²) in [6.07, 6.45) is 0.821. The fraction of sp³-hybridized carbons (Fsp3) is 0.263. The number of carbonyl (C=O) groups is 2. The Hall–Kier alpha value is -2.76. The molecule has 132 valence electrons. The van der Waals surface area contributed by atoms with Gasteiger partial charge in [-0.25, -0.2) is 8.78 Å². The van der Waals surface area contributed by atoms with Gasteiger partial charge in [0.15, 0.2) is 11.6 Å². The zero-order valence-electron chi connectivity index (χ0n) is 14.2. The molecule has 0 spiro atoms. The maximum atomic E-state index is 13.4. The lowest BCUT2D eigenvalue weighted by Crippen LogP contribution is -2.32. The first kappa shape index (κ1) is 18.6. The third-order valence-electron chi connectivity index (χ3n) is 3.83. The van der Waals surface area contributed by atoms with Crippen molar-refractivity contribution in [3.05, 3.63) is 59.7 Å². The summed E-state index contributed by atoms with van der Waals surface area (Å²) in [6.45, 7) is 3.37. The average molecular weight is 346 g/mol. The van der Waals surface area contributed by atoms with E-state index in [4.69, 9.17) is 0 Å². The predicted octanol–water partition coefficient (Wildman–Crippen LogP) is 3.91. The van der Waals surface area contributed by atoms with E-state index in [1.165, 1.54) is 17.9 Å². The summed E-state index contributed by atoms with van der Waals surface area (Å²) in [5.74, 6) is -2.63. The first-order valence-electron chi connectivity index (χ1n) is 8.03. The van der Waals surface area contributed by atoms with Crippen LogP contribution in [-0.4, -0.2) is 18.4 Å². The lowest BCUT2D eigenvalue weighted by molar-refractivity contribution is -0.117. The molecular weight excluding hydrogens is 326 g/mol. The maximum Gasteiger partial charge on any atom is 0.226 e. The molecule has 0 saturated carbocycles. The van der Waals surface area contributed by atoms with Crippen LogP contribution in [0.5, 0.6) is 0 Å². The summed E-state index contributed by atoms with van der Waals surface area (Å²) >= 11 is 0. The minimum Gasteiger partial charge on any atom is -0.326 e. The molecule has 2 aromatic rings. The molecule has 0 aromatic heterocycles. The second kappa shape index (κ2) is 8.37. The van der Waals surface area contributed by atoms with Crippen LogP contribution in [0.25, 0.3) is 0 Å². The summed E-state index contributed by atoms with van der Waals surface area (Å²) in [4.78, 5) is 25.2. The first-order valence-corrected chi connectivity index (χ1v) is 8.03. The number of benzene rings is 2. The molecule has 0 aliphatic carbocycles. The Bertz CT molecular complexity index is 778. The van der Waals surface area contributed by atoms with Gasteiger partial charge < -0.3 is 10.2 Å². The van der Waals surface area contributed by atoms with Gasteiger partial charge in [-0.1, -0.05) is 25.1 Å². The molecule has 2 rings (SSSR count). The van der Waals surface area contributed by atoms with Crippen LogP contribution in [0.2, 0.25) is 0 Å². The number of nitrogens with one attached hydrogen (secondary N) is 1. The summed E-state index contributed by atoms with van der Waals surface area (Å²) in [5, 5.41) is 2.82. The van der Waals surface area contributed by atoms with Crippen LogP contribution in [0.1, 0.15) is 25.8 Å². The molecule has 6 heteroatoms. The zero-order chi connectivity index (χ0) is 18.4. The number of hydrogen-bond acceptors (Lipinski definition) is 2. The average Bonchev–Trinajstić information content (AvgIpc) is 2.58. The lowest BCUT2D eigenvalue weighted by atomic mass is 10.1. The Morgan fingerprint density at radius 3 is 2.44 bits per heavy atom. The highest BCUT2D eigenvalue weighted by Gasteiger charge is 2.16. The van der Waals surface area contributed by atoms with Gasteiger partial charge in [-0.05, 0) is 30.2 Å². The normalized spacial score (nSPS) is 10.4. The second-order valence-corrected chi connectivity index (χ2v) is 5.58. The molecule has 0 aliphatic heterocycles. The van der Waals surface area contributed by atoms with E-state index in [1.54, 1.807) is 0 Å². The van der Waals surface area contributed by atoms with E-state index in [0.717, 1.165) is 29.8 Å². The monoisotopic (exact) mass is 346 g/mol. The second-order valence-electron chi connectivity index (χ2n) is 5.58. The van der Waals surface area contributed by atoms with Crippen molar-refractivity contribution in [3.63, 3.8) is 0 Å². The Balaban J connectivity index is 2.04. The van der Waals surface area contributed by atoms with Crippen LogP contribution >= 0.6 is 0 Å². The molecule has 25 heavy (non-hydrogen) atoms. The molecule has 0 saturated heterocycles. The molecular formula is C19H20F2N2O2. The highest BCUT2D eigenvalue weighted by Crippen LogP contribution is 2.19. The van der Waals surface area contributed by atoms with E-state index in [-0.39, 0.29) is 30.5 Å². The number of aryl methyl sites for hydroxylation is 1. The molecule has 1 N–H and O–H groups in total. The molecule has 0 unspecified atom stereocenters. The van der Waals surface area contributed by atoms with Gasteiger partial charge in [0.2, 0.25) is 11.8 Å². The van der Waals surface area contributed by atoms with Crippen LogP contribution in [0.3, 0.4) is 0 Å². The van der Waals surface area contributed by atoms with Crippen molar-refractivity contribution in [1.82, 2.24) is 0 Å². The van der Waals surface area contributed by atoms with Crippen molar-refractivity contribution < 1.29 is 18.4 Å². The van der Waals surface area contributed by atoms with E-state index in [0.29, 0.717) is 0 Å². The third kappa shape index (κ3) is 4.86. The van der Waals surface area contributed by atoms with Gasteiger partial charge in [-0.15, -0.1) is 0 Å². The summed E-state index contributed by atoms with van der Waals surface area (Å²) in [6, 6.07) is 10.7. The highest BCUT2D eigenvalue weighted by atomic mass is 19.2. The van der Waals surface area contributed by atoms with Gasteiger partial charge in [-0.2, -0.15) is 0 Å².